The molecule has 0 aliphatic heterocycles. The van der Waals surface area contributed by atoms with Crippen LogP contribution in [0.1, 0.15) is 43.6 Å². The molecule has 18 heavy (non-hydrogen) atoms. The van der Waals surface area contributed by atoms with Gasteiger partial charge in [0.05, 0.1) is 0 Å². The van der Waals surface area contributed by atoms with Crippen molar-refractivity contribution in [2.45, 2.75) is 27.7 Å². The topological polar surface area (TPSA) is 17.1 Å². The van der Waals surface area contributed by atoms with Gasteiger partial charge in [0.15, 0.2) is 0 Å². The van der Waals surface area contributed by atoms with Gasteiger partial charge in [0.1, 0.15) is 6.29 Å². The fraction of sp³-hybridized carbons (Fsp3) is 0.235. The van der Waals surface area contributed by atoms with E-state index in [9.17, 15) is 4.79 Å². The van der Waals surface area contributed by atoms with E-state index < -0.39 is 0 Å². The summed E-state index contributed by atoms with van der Waals surface area (Å²) in [6, 6.07) is 7.57. The molecule has 0 radical (unpaired) electrons. The SMILES string of the molecule is CC.C\C=C/C=C(\C=C/C)c1ccc(C=O)cc1. The Bertz CT molecular complexity index is 419. The van der Waals surface area contributed by atoms with Gasteiger partial charge in [-0.05, 0) is 25.0 Å². The smallest absolute Gasteiger partial charge is 0.150 e. The number of aldehydes is 1. The molecule has 0 heterocycles. The fourth-order valence-corrected chi connectivity index (χ4v) is 1.38. The van der Waals surface area contributed by atoms with Crippen LogP contribution in [0, 0.1) is 0 Å². The van der Waals surface area contributed by atoms with E-state index >= 15 is 0 Å². The zero-order chi connectivity index (χ0) is 13.8. The highest BCUT2D eigenvalue weighted by atomic mass is 16.1. The molecule has 96 valence electrons. The quantitative estimate of drug-likeness (QED) is 0.532. The first-order chi connectivity index (χ1) is 8.81. The maximum atomic E-state index is 10.5. The molecule has 0 amide bonds. The van der Waals surface area contributed by atoms with Gasteiger partial charge in [0, 0.05) is 5.56 Å². The molecule has 0 aliphatic rings. The Morgan fingerprint density at radius 2 is 1.61 bits per heavy atom. The summed E-state index contributed by atoms with van der Waals surface area (Å²) in [6.45, 7) is 7.97. The molecule has 0 aromatic heterocycles. The number of carbonyl (C=O) groups excluding carboxylic acids is 1. The predicted octanol–water partition coefficient (Wildman–Crippen LogP) is 5.06. The summed E-state index contributed by atoms with van der Waals surface area (Å²) in [6.07, 6.45) is 11.0. The highest BCUT2D eigenvalue weighted by Crippen LogP contribution is 2.16. The molecule has 0 N–H and O–H groups in total. The monoisotopic (exact) mass is 242 g/mol. The second kappa shape index (κ2) is 10.3. The van der Waals surface area contributed by atoms with E-state index in [-0.39, 0.29) is 0 Å². The third kappa shape index (κ3) is 5.44. The molecule has 0 aliphatic carbocycles. The lowest BCUT2D eigenvalue weighted by Gasteiger charge is -2.01. The lowest BCUT2D eigenvalue weighted by atomic mass is 10.0. The average molecular weight is 242 g/mol. The van der Waals surface area contributed by atoms with Crippen LogP contribution < -0.4 is 0 Å². The molecule has 0 bridgehead atoms. The zero-order valence-electron chi connectivity index (χ0n) is 11.7. The molecule has 0 unspecified atom stereocenters. The summed E-state index contributed by atoms with van der Waals surface area (Å²) in [5.74, 6) is 0. The number of rotatable bonds is 4. The predicted molar refractivity (Wildman–Crippen MR) is 80.8 cm³/mol. The van der Waals surface area contributed by atoms with Crippen LogP contribution in [-0.4, -0.2) is 6.29 Å². The molecule has 1 heteroatoms. The molecule has 1 aromatic carbocycles. The lowest BCUT2D eigenvalue weighted by molar-refractivity contribution is 0.112. The molecule has 0 spiro atoms. The van der Waals surface area contributed by atoms with E-state index in [4.69, 9.17) is 0 Å². The maximum Gasteiger partial charge on any atom is 0.150 e. The number of hydrogen-bond acceptors (Lipinski definition) is 1. The van der Waals surface area contributed by atoms with Crippen LogP contribution >= 0.6 is 0 Å². The van der Waals surface area contributed by atoms with E-state index in [0.29, 0.717) is 5.56 Å². The van der Waals surface area contributed by atoms with Crippen molar-refractivity contribution in [1.29, 1.82) is 0 Å². The van der Waals surface area contributed by atoms with Crippen LogP contribution in [0.3, 0.4) is 0 Å². The van der Waals surface area contributed by atoms with Gasteiger partial charge in [-0.2, -0.15) is 0 Å². The van der Waals surface area contributed by atoms with Gasteiger partial charge in [0.2, 0.25) is 0 Å². The van der Waals surface area contributed by atoms with Crippen LogP contribution in [0.15, 0.2) is 54.6 Å². The van der Waals surface area contributed by atoms with Gasteiger partial charge in [-0.3, -0.25) is 4.79 Å². The van der Waals surface area contributed by atoms with Gasteiger partial charge >= 0.3 is 0 Å². The second-order valence-corrected chi connectivity index (χ2v) is 3.39. The van der Waals surface area contributed by atoms with Gasteiger partial charge in [0.25, 0.3) is 0 Å². The summed E-state index contributed by atoms with van der Waals surface area (Å²) in [4.78, 5) is 10.5. The first-order valence-electron chi connectivity index (χ1n) is 6.33. The van der Waals surface area contributed by atoms with E-state index in [0.717, 1.165) is 17.4 Å². The number of allylic oxidation sites excluding steroid dienone is 6. The van der Waals surface area contributed by atoms with Crippen molar-refractivity contribution in [3.05, 3.63) is 65.8 Å². The van der Waals surface area contributed by atoms with Gasteiger partial charge in [-0.1, -0.05) is 68.5 Å². The minimum atomic E-state index is 0.703. The fourth-order valence-electron chi connectivity index (χ4n) is 1.38. The van der Waals surface area contributed by atoms with E-state index in [1.165, 1.54) is 0 Å². The summed E-state index contributed by atoms with van der Waals surface area (Å²) >= 11 is 0. The van der Waals surface area contributed by atoms with Crippen molar-refractivity contribution in [2.75, 3.05) is 0 Å². The third-order valence-electron chi connectivity index (χ3n) is 2.19. The summed E-state index contributed by atoms with van der Waals surface area (Å²) in [5.41, 5.74) is 2.95. The van der Waals surface area contributed by atoms with Crippen molar-refractivity contribution < 1.29 is 4.79 Å². The maximum absolute atomic E-state index is 10.5. The largest absolute Gasteiger partial charge is 0.298 e. The van der Waals surface area contributed by atoms with Crippen molar-refractivity contribution in [1.82, 2.24) is 0 Å². The zero-order valence-corrected chi connectivity index (χ0v) is 11.7. The molecular formula is C17H22O. The van der Waals surface area contributed by atoms with Crippen LogP contribution in [0.2, 0.25) is 0 Å². The van der Waals surface area contributed by atoms with E-state index in [2.05, 4.69) is 12.2 Å². The minimum absolute atomic E-state index is 0.703. The Kier molecular flexibility index (Phi) is 9.20. The molecule has 1 aromatic rings. The summed E-state index contributed by atoms with van der Waals surface area (Å²) in [7, 11) is 0. The Morgan fingerprint density at radius 3 is 2.06 bits per heavy atom. The molecule has 1 nitrogen and oxygen atoms in total. The summed E-state index contributed by atoms with van der Waals surface area (Å²) in [5, 5.41) is 0. The molecule has 1 rings (SSSR count). The standard InChI is InChI=1S/C15H16O.C2H6/c1-3-5-7-14(6-4-2)15-10-8-13(12-16)9-11-15;1-2/h3-12H,1-2H3;1-2H3/b5-3-,6-4-,14-7+;. The highest BCUT2D eigenvalue weighted by Gasteiger charge is 1.96. The Morgan fingerprint density at radius 1 is 1.00 bits per heavy atom. The minimum Gasteiger partial charge on any atom is -0.298 e. The van der Waals surface area contributed by atoms with Crippen molar-refractivity contribution >= 4 is 11.9 Å². The van der Waals surface area contributed by atoms with Crippen molar-refractivity contribution in [3.63, 3.8) is 0 Å². The molecule has 0 saturated carbocycles. The first kappa shape index (κ1) is 16.1. The van der Waals surface area contributed by atoms with E-state index in [1.54, 1.807) is 0 Å². The molecular weight excluding hydrogens is 220 g/mol. The number of benzene rings is 1. The molecule has 0 fully saturated rings. The second-order valence-electron chi connectivity index (χ2n) is 3.39. The van der Waals surface area contributed by atoms with E-state index in [1.807, 2.05) is 70.2 Å². The first-order valence-corrected chi connectivity index (χ1v) is 6.33. The van der Waals surface area contributed by atoms with Crippen LogP contribution in [-0.2, 0) is 0 Å². The Balaban J connectivity index is 0.00000137. The van der Waals surface area contributed by atoms with Crippen molar-refractivity contribution in [3.8, 4) is 0 Å². The Labute approximate surface area is 111 Å². The molecule has 0 saturated heterocycles. The van der Waals surface area contributed by atoms with Gasteiger partial charge in [-0.15, -0.1) is 0 Å². The highest BCUT2D eigenvalue weighted by molar-refractivity contribution is 5.79. The van der Waals surface area contributed by atoms with Crippen LogP contribution in [0.4, 0.5) is 0 Å². The van der Waals surface area contributed by atoms with Crippen molar-refractivity contribution in [2.24, 2.45) is 0 Å². The van der Waals surface area contributed by atoms with Gasteiger partial charge < -0.3 is 0 Å². The number of hydrogen-bond donors (Lipinski definition) is 0. The average Bonchev–Trinajstić information content (AvgIpc) is 2.46. The van der Waals surface area contributed by atoms with Crippen LogP contribution in [0.5, 0.6) is 0 Å². The normalized spacial score (nSPS) is 11.4. The number of carbonyl (C=O) groups is 1. The lowest BCUT2D eigenvalue weighted by Crippen LogP contribution is -1.83. The van der Waals surface area contributed by atoms with Gasteiger partial charge in [-0.25, -0.2) is 0 Å². The Hall–Kier alpha value is -1.89. The van der Waals surface area contributed by atoms with Crippen LogP contribution in [0.25, 0.3) is 5.57 Å². The molecule has 0 atom stereocenters. The summed E-state index contributed by atoms with van der Waals surface area (Å²) < 4.78 is 0. The third-order valence-corrected chi connectivity index (χ3v) is 2.19.